The minimum Gasteiger partial charge on any atom is -0.505 e. The third-order valence-corrected chi connectivity index (χ3v) is 6.20. The normalized spacial score (nSPS) is 13.9. The molecular formula is C26H20N4O6. The highest BCUT2D eigenvalue weighted by atomic mass is 16.6. The maximum absolute atomic E-state index is 13.8. The number of pyridine rings is 1. The van der Waals surface area contributed by atoms with Crippen LogP contribution in [0.1, 0.15) is 26.4 Å². The number of hydrogen-bond acceptors (Lipinski definition) is 7. The van der Waals surface area contributed by atoms with Gasteiger partial charge in [0.05, 0.1) is 33.7 Å². The molecule has 0 aliphatic carbocycles. The number of nitro groups is 1. The number of nitrogens with one attached hydrogen (secondary N) is 1. The van der Waals surface area contributed by atoms with Crippen LogP contribution in [-0.4, -0.2) is 39.5 Å². The fourth-order valence-electron chi connectivity index (χ4n) is 4.39. The topological polar surface area (TPSA) is 135 Å². The second kappa shape index (κ2) is 8.99. The van der Waals surface area contributed by atoms with Crippen LogP contribution in [-0.2, 0) is 6.54 Å². The highest BCUT2D eigenvalue weighted by Gasteiger charge is 2.27. The zero-order valence-electron chi connectivity index (χ0n) is 18.9. The van der Waals surface area contributed by atoms with E-state index >= 15 is 0 Å². The Morgan fingerprint density at radius 1 is 0.861 bits per heavy atom. The molecule has 10 nitrogen and oxygen atoms in total. The fraction of sp³-hybridized carbons (Fsp3) is 0.115. The summed E-state index contributed by atoms with van der Waals surface area (Å²) in [4.78, 5) is 52.6. The first-order valence-electron chi connectivity index (χ1n) is 11.1. The smallest absolute Gasteiger partial charge is 0.269 e. The summed E-state index contributed by atoms with van der Waals surface area (Å²) in [5, 5.41) is 25.6. The number of benzene rings is 3. The summed E-state index contributed by atoms with van der Waals surface area (Å²) in [6.45, 7) is 0.338. The average Bonchev–Trinajstić information content (AvgIpc) is 2.92. The Kier molecular flexibility index (Phi) is 5.69. The summed E-state index contributed by atoms with van der Waals surface area (Å²) in [5.74, 6) is -1.46. The van der Waals surface area contributed by atoms with Gasteiger partial charge in [0.25, 0.3) is 23.1 Å². The van der Waals surface area contributed by atoms with E-state index in [2.05, 4.69) is 5.32 Å². The van der Waals surface area contributed by atoms with E-state index in [1.165, 1.54) is 42.5 Å². The number of carbonyl (C=O) groups excluding carboxylic acids is 2. The molecule has 2 heterocycles. The van der Waals surface area contributed by atoms with Gasteiger partial charge in [-0.15, -0.1) is 0 Å². The van der Waals surface area contributed by atoms with E-state index in [0.29, 0.717) is 11.1 Å². The molecular weight excluding hydrogens is 464 g/mol. The van der Waals surface area contributed by atoms with Gasteiger partial charge in [0.2, 0.25) is 0 Å². The van der Waals surface area contributed by atoms with E-state index in [1.54, 1.807) is 35.2 Å². The monoisotopic (exact) mass is 484 g/mol. The van der Waals surface area contributed by atoms with Crippen molar-refractivity contribution in [3.05, 3.63) is 110 Å². The zero-order chi connectivity index (χ0) is 25.4. The number of non-ortho nitro benzene ring substituents is 1. The predicted octanol–water partition coefficient (Wildman–Crippen LogP) is 3.05. The molecule has 0 spiro atoms. The van der Waals surface area contributed by atoms with Crippen LogP contribution in [0.25, 0.3) is 10.8 Å². The van der Waals surface area contributed by atoms with Gasteiger partial charge in [0.15, 0.2) is 0 Å². The van der Waals surface area contributed by atoms with Crippen LogP contribution >= 0.6 is 0 Å². The molecule has 1 aliphatic heterocycles. The van der Waals surface area contributed by atoms with Crippen molar-refractivity contribution in [3.8, 4) is 5.75 Å². The standard InChI is InChI=1S/C26H20N4O6/c31-23-18-5-1-3-7-20(18)25(33)29-22(23)15-28(16-9-11-17(12-10-16)30(35)36)14-13-27-24(32)19-6-2-4-8-21(19)26(29)34/h1-12,31H,13-15H2,(H,27,32). The first-order valence-corrected chi connectivity index (χ1v) is 11.1. The molecule has 0 fully saturated rings. The van der Waals surface area contributed by atoms with Crippen LogP contribution in [0.3, 0.4) is 0 Å². The van der Waals surface area contributed by atoms with Crippen molar-refractivity contribution in [1.82, 2.24) is 9.88 Å². The quantitative estimate of drug-likeness (QED) is 0.330. The molecule has 0 unspecified atom stereocenters. The summed E-state index contributed by atoms with van der Waals surface area (Å²) < 4.78 is 0.910. The Labute approximate surface area is 204 Å². The molecule has 0 radical (unpaired) electrons. The summed E-state index contributed by atoms with van der Waals surface area (Å²) in [7, 11) is 0. The number of nitrogens with zero attached hydrogens (tertiary/aromatic N) is 3. The van der Waals surface area contributed by atoms with Gasteiger partial charge < -0.3 is 15.3 Å². The van der Waals surface area contributed by atoms with E-state index in [1.807, 2.05) is 0 Å². The Balaban J connectivity index is 1.75. The van der Waals surface area contributed by atoms with Crippen LogP contribution in [0.15, 0.2) is 77.6 Å². The molecule has 180 valence electrons. The first kappa shape index (κ1) is 22.8. The molecule has 3 aromatic carbocycles. The highest BCUT2D eigenvalue weighted by Crippen LogP contribution is 2.30. The average molecular weight is 484 g/mol. The van der Waals surface area contributed by atoms with Gasteiger partial charge in [-0.05, 0) is 30.3 Å². The summed E-state index contributed by atoms with van der Waals surface area (Å²) in [6.07, 6.45) is 0. The molecule has 1 amide bonds. The molecule has 4 aromatic rings. The maximum atomic E-state index is 13.8. The second-order valence-electron chi connectivity index (χ2n) is 8.28. The van der Waals surface area contributed by atoms with Crippen molar-refractivity contribution in [3.63, 3.8) is 0 Å². The minimum absolute atomic E-state index is 0.0248. The number of hydrogen-bond donors (Lipinski definition) is 2. The van der Waals surface area contributed by atoms with Crippen molar-refractivity contribution in [2.24, 2.45) is 0 Å². The van der Waals surface area contributed by atoms with Gasteiger partial charge in [-0.3, -0.25) is 24.5 Å². The number of rotatable bonds is 2. The lowest BCUT2D eigenvalue weighted by atomic mass is 10.0. The number of nitro benzene ring substituents is 1. The first-order chi connectivity index (χ1) is 17.4. The Morgan fingerprint density at radius 2 is 1.50 bits per heavy atom. The van der Waals surface area contributed by atoms with E-state index in [0.717, 1.165) is 4.57 Å². The molecule has 1 aliphatic rings. The fourth-order valence-corrected chi connectivity index (χ4v) is 4.39. The summed E-state index contributed by atoms with van der Waals surface area (Å²) in [5.41, 5.74) is 0.00735. The lowest BCUT2D eigenvalue weighted by Crippen LogP contribution is -2.36. The van der Waals surface area contributed by atoms with Gasteiger partial charge in [-0.25, -0.2) is 4.57 Å². The zero-order valence-corrected chi connectivity index (χ0v) is 18.9. The van der Waals surface area contributed by atoms with Crippen LogP contribution in [0.5, 0.6) is 5.75 Å². The number of carbonyl (C=O) groups is 2. The van der Waals surface area contributed by atoms with Gasteiger partial charge >= 0.3 is 0 Å². The lowest BCUT2D eigenvalue weighted by Gasteiger charge is -2.26. The van der Waals surface area contributed by atoms with Gasteiger partial charge in [-0.1, -0.05) is 30.3 Å². The van der Waals surface area contributed by atoms with Crippen molar-refractivity contribution < 1.29 is 19.6 Å². The van der Waals surface area contributed by atoms with Gasteiger partial charge in [-0.2, -0.15) is 0 Å². The number of amides is 1. The Bertz CT molecular complexity index is 1590. The van der Waals surface area contributed by atoms with E-state index in [-0.39, 0.29) is 53.3 Å². The van der Waals surface area contributed by atoms with Crippen molar-refractivity contribution in [2.75, 3.05) is 18.0 Å². The number of fused-ring (bicyclic) bond motifs is 3. The Morgan fingerprint density at radius 3 is 2.19 bits per heavy atom. The molecule has 0 bridgehead atoms. The van der Waals surface area contributed by atoms with E-state index < -0.39 is 22.3 Å². The largest absolute Gasteiger partial charge is 0.505 e. The Hall–Kier alpha value is -4.99. The second-order valence-corrected chi connectivity index (χ2v) is 8.28. The third-order valence-electron chi connectivity index (χ3n) is 6.20. The molecule has 1 aromatic heterocycles. The number of aromatic nitrogens is 1. The van der Waals surface area contributed by atoms with Crippen molar-refractivity contribution in [2.45, 2.75) is 6.54 Å². The molecule has 10 heteroatoms. The number of anilines is 1. The van der Waals surface area contributed by atoms with Gasteiger partial charge in [0, 0.05) is 36.3 Å². The summed E-state index contributed by atoms with van der Waals surface area (Å²) >= 11 is 0. The molecule has 5 rings (SSSR count). The van der Waals surface area contributed by atoms with Crippen molar-refractivity contribution >= 4 is 34.0 Å². The predicted molar refractivity (Wildman–Crippen MR) is 133 cm³/mol. The maximum Gasteiger partial charge on any atom is 0.269 e. The molecule has 0 saturated heterocycles. The third kappa shape index (κ3) is 3.84. The lowest BCUT2D eigenvalue weighted by molar-refractivity contribution is -0.384. The SMILES string of the molecule is O=C1NCCN(c2ccc([N+](=O)[O-])cc2)Cc2c(O)c3ccccc3c(=O)n2C(=O)c2ccccc21. The van der Waals surface area contributed by atoms with E-state index in [4.69, 9.17) is 0 Å². The van der Waals surface area contributed by atoms with E-state index in [9.17, 15) is 29.6 Å². The molecule has 0 atom stereocenters. The number of aromatic hydroxyl groups is 1. The highest BCUT2D eigenvalue weighted by molar-refractivity contribution is 6.09. The van der Waals surface area contributed by atoms with Crippen LogP contribution in [0, 0.1) is 10.1 Å². The van der Waals surface area contributed by atoms with Crippen LogP contribution in [0.2, 0.25) is 0 Å². The van der Waals surface area contributed by atoms with Crippen LogP contribution < -0.4 is 15.8 Å². The van der Waals surface area contributed by atoms with Gasteiger partial charge in [0.1, 0.15) is 5.75 Å². The minimum atomic E-state index is -0.743. The van der Waals surface area contributed by atoms with Crippen molar-refractivity contribution in [1.29, 1.82) is 0 Å². The molecule has 0 saturated carbocycles. The van der Waals surface area contributed by atoms with Crippen LogP contribution in [0.4, 0.5) is 11.4 Å². The molecule has 2 N–H and O–H groups in total. The molecule has 36 heavy (non-hydrogen) atoms. The summed E-state index contributed by atoms with van der Waals surface area (Å²) in [6, 6.07) is 18.4.